The van der Waals surface area contributed by atoms with Gasteiger partial charge in [-0.2, -0.15) is 5.26 Å². The van der Waals surface area contributed by atoms with Crippen LogP contribution in [0.2, 0.25) is 0 Å². The Morgan fingerprint density at radius 1 is 1.57 bits per heavy atom. The highest BCUT2D eigenvalue weighted by molar-refractivity contribution is 6.08. The fourth-order valence-corrected chi connectivity index (χ4v) is 1.61. The summed E-state index contributed by atoms with van der Waals surface area (Å²) >= 11 is 0. The predicted octanol–water partition coefficient (Wildman–Crippen LogP) is 0.625. The van der Waals surface area contributed by atoms with Crippen molar-refractivity contribution in [3.05, 3.63) is 29.3 Å². The highest BCUT2D eigenvalue weighted by Gasteiger charge is 2.44. The minimum atomic E-state index is -1.53. The summed E-state index contributed by atoms with van der Waals surface area (Å²) in [5.41, 5.74) is 6.33. The molecule has 0 fully saturated rings. The number of nitrogens with zero attached hydrogens (tertiary/aromatic N) is 1. The third-order valence-corrected chi connectivity index (χ3v) is 2.47. The Bertz CT molecular complexity index is 461. The van der Waals surface area contributed by atoms with Gasteiger partial charge in [-0.25, -0.2) is 0 Å². The maximum absolute atomic E-state index is 11.5. The first-order valence-corrected chi connectivity index (χ1v) is 4.21. The number of hydrogen-bond acceptors (Lipinski definition) is 3. The summed E-state index contributed by atoms with van der Waals surface area (Å²) in [7, 11) is 0. The van der Waals surface area contributed by atoms with Gasteiger partial charge in [-0.1, -0.05) is 18.2 Å². The second-order valence-electron chi connectivity index (χ2n) is 3.37. The van der Waals surface area contributed by atoms with E-state index >= 15 is 0 Å². The molecule has 4 nitrogen and oxygen atoms in total. The van der Waals surface area contributed by atoms with Crippen molar-refractivity contribution in [3.63, 3.8) is 0 Å². The van der Waals surface area contributed by atoms with Gasteiger partial charge in [0, 0.05) is 5.56 Å². The van der Waals surface area contributed by atoms with E-state index in [-0.39, 0.29) is 0 Å². The number of nitriles is 1. The van der Waals surface area contributed by atoms with E-state index in [0.29, 0.717) is 11.3 Å². The van der Waals surface area contributed by atoms with Crippen LogP contribution in [0.15, 0.2) is 18.2 Å². The number of benzene rings is 1. The summed E-state index contributed by atoms with van der Waals surface area (Å²) in [5, 5.41) is 11.5. The first kappa shape index (κ1) is 8.73. The first-order valence-electron chi connectivity index (χ1n) is 4.21. The highest BCUT2D eigenvalue weighted by Crippen LogP contribution is 2.35. The van der Waals surface area contributed by atoms with E-state index in [9.17, 15) is 4.79 Å². The summed E-state index contributed by atoms with van der Waals surface area (Å²) in [6, 6.07) is 7.19. The Morgan fingerprint density at radius 3 is 2.93 bits per heavy atom. The highest BCUT2D eigenvalue weighted by atomic mass is 16.2. The van der Waals surface area contributed by atoms with E-state index in [1.54, 1.807) is 12.1 Å². The number of hydrogen-bond donors (Lipinski definition) is 2. The minimum Gasteiger partial charge on any atom is -0.323 e. The maximum atomic E-state index is 11.5. The molecule has 0 aromatic heterocycles. The lowest BCUT2D eigenvalue weighted by Crippen LogP contribution is -2.41. The first-order chi connectivity index (χ1) is 6.59. The van der Waals surface area contributed by atoms with Crippen LogP contribution in [0.5, 0.6) is 0 Å². The number of carbonyl (C=O) groups excluding carboxylic acids is 1. The van der Waals surface area contributed by atoms with Crippen LogP contribution in [0.1, 0.15) is 11.1 Å². The normalized spacial score (nSPS) is 23.9. The average molecular weight is 187 g/mol. The van der Waals surface area contributed by atoms with Gasteiger partial charge in [0.1, 0.15) is 0 Å². The number of anilines is 1. The second-order valence-corrected chi connectivity index (χ2v) is 3.37. The van der Waals surface area contributed by atoms with E-state index in [0.717, 1.165) is 5.56 Å². The number of carbonyl (C=O) groups is 1. The molecule has 0 aliphatic carbocycles. The molecule has 0 spiro atoms. The maximum Gasteiger partial charge on any atom is 0.264 e. The zero-order valence-electron chi connectivity index (χ0n) is 7.66. The Morgan fingerprint density at radius 2 is 2.29 bits per heavy atom. The molecule has 1 atom stereocenters. The summed E-state index contributed by atoms with van der Waals surface area (Å²) in [6.07, 6.45) is 0. The SMILES string of the molecule is Cc1cccc2c1NC(=O)[C@]2(N)C#N. The molecule has 1 aliphatic heterocycles. The van der Waals surface area contributed by atoms with Crippen LogP contribution in [0.4, 0.5) is 5.69 Å². The molecule has 14 heavy (non-hydrogen) atoms. The van der Waals surface area contributed by atoms with Crippen LogP contribution in [0.25, 0.3) is 0 Å². The average Bonchev–Trinajstić information content (AvgIpc) is 2.43. The van der Waals surface area contributed by atoms with Crippen molar-refractivity contribution in [2.24, 2.45) is 5.73 Å². The monoisotopic (exact) mass is 187 g/mol. The van der Waals surface area contributed by atoms with Crippen molar-refractivity contribution in [2.45, 2.75) is 12.5 Å². The van der Waals surface area contributed by atoms with Gasteiger partial charge in [0.25, 0.3) is 5.91 Å². The van der Waals surface area contributed by atoms with Crippen molar-refractivity contribution < 1.29 is 4.79 Å². The molecule has 4 heteroatoms. The topological polar surface area (TPSA) is 78.9 Å². The molecule has 0 saturated heterocycles. The Balaban J connectivity index is 2.72. The number of nitrogens with two attached hydrogens (primary N) is 1. The Labute approximate surface area is 81.3 Å². The number of nitrogens with one attached hydrogen (secondary N) is 1. The molecule has 70 valence electrons. The zero-order chi connectivity index (χ0) is 10.3. The number of rotatable bonds is 0. The zero-order valence-corrected chi connectivity index (χ0v) is 7.66. The number of para-hydroxylation sites is 1. The van der Waals surface area contributed by atoms with Crippen LogP contribution >= 0.6 is 0 Å². The van der Waals surface area contributed by atoms with Gasteiger partial charge in [-0.15, -0.1) is 0 Å². The molecule has 0 radical (unpaired) electrons. The number of amides is 1. The molecule has 0 saturated carbocycles. The second kappa shape index (κ2) is 2.56. The molecular weight excluding hydrogens is 178 g/mol. The molecule has 1 aromatic rings. The predicted molar refractivity (Wildman–Crippen MR) is 51.3 cm³/mol. The fraction of sp³-hybridized carbons (Fsp3) is 0.200. The van der Waals surface area contributed by atoms with E-state index in [1.807, 2.05) is 19.1 Å². The molecule has 1 aromatic carbocycles. The standard InChI is InChI=1S/C10H9N3O/c1-6-3-2-4-7-8(6)13-9(14)10(7,12)5-11/h2-4H,12H2,1H3,(H,13,14)/t10-/m0/s1. The molecule has 2 rings (SSSR count). The lowest BCUT2D eigenvalue weighted by Gasteiger charge is -2.11. The van der Waals surface area contributed by atoms with Gasteiger partial charge < -0.3 is 11.1 Å². The summed E-state index contributed by atoms with van der Waals surface area (Å²) < 4.78 is 0. The van der Waals surface area contributed by atoms with E-state index in [2.05, 4.69) is 5.32 Å². The molecular formula is C10H9N3O. The van der Waals surface area contributed by atoms with Crippen LogP contribution in [-0.2, 0) is 10.3 Å². The van der Waals surface area contributed by atoms with Crippen molar-refractivity contribution in [3.8, 4) is 6.07 Å². The van der Waals surface area contributed by atoms with E-state index in [1.165, 1.54) is 0 Å². The van der Waals surface area contributed by atoms with Crippen LogP contribution in [0, 0.1) is 18.3 Å². The van der Waals surface area contributed by atoms with Crippen LogP contribution < -0.4 is 11.1 Å². The molecule has 3 N–H and O–H groups in total. The Kier molecular flexibility index (Phi) is 1.60. The number of aryl methyl sites for hydroxylation is 1. The van der Waals surface area contributed by atoms with Gasteiger partial charge in [-0.3, -0.25) is 4.79 Å². The quantitative estimate of drug-likeness (QED) is 0.625. The van der Waals surface area contributed by atoms with E-state index in [4.69, 9.17) is 11.0 Å². The van der Waals surface area contributed by atoms with Crippen molar-refractivity contribution >= 4 is 11.6 Å². The van der Waals surface area contributed by atoms with Crippen molar-refractivity contribution in [1.82, 2.24) is 0 Å². The molecule has 1 heterocycles. The van der Waals surface area contributed by atoms with Gasteiger partial charge in [-0.05, 0) is 12.5 Å². The molecule has 0 bridgehead atoms. The van der Waals surface area contributed by atoms with Gasteiger partial charge in [0.15, 0.2) is 0 Å². The largest absolute Gasteiger partial charge is 0.323 e. The summed E-state index contributed by atoms with van der Waals surface area (Å²) in [5.74, 6) is -0.454. The summed E-state index contributed by atoms with van der Waals surface area (Å²) in [6.45, 7) is 1.86. The van der Waals surface area contributed by atoms with E-state index < -0.39 is 11.4 Å². The number of fused-ring (bicyclic) bond motifs is 1. The third-order valence-electron chi connectivity index (χ3n) is 2.47. The molecule has 1 aliphatic rings. The van der Waals surface area contributed by atoms with Crippen molar-refractivity contribution in [2.75, 3.05) is 5.32 Å². The molecule has 1 amide bonds. The summed E-state index contributed by atoms with van der Waals surface area (Å²) in [4.78, 5) is 11.5. The Hall–Kier alpha value is -1.86. The molecule has 0 unspecified atom stereocenters. The minimum absolute atomic E-state index is 0.454. The van der Waals surface area contributed by atoms with Crippen LogP contribution in [0.3, 0.4) is 0 Å². The lowest BCUT2D eigenvalue weighted by atomic mass is 9.93. The fourth-order valence-electron chi connectivity index (χ4n) is 1.61. The van der Waals surface area contributed by atoms with Gasteiger partial charge >= 0.3 is 0 Å². The smallest absolute Gasteiger partial charge is 0.264 e. The van der Waals surface area contributed by atoms with Gasteiger partial charge in [0.2, 0.25) is 5.54 Å². The van der Waals surface area contributed by atoms with Crippen LogP contribution in [-0.4, -0.2) is 5.91 Å². The lowest BCUT2D eigenvalue weighted by molar-refractivity contribution is -0.118. The van der Waals surface area contributed by atoms with Crippen molar-refractivity contribution in [1.29, 1.82) is 5.26 Å². The third kappa shape index (κ3) is 0.874. The van der Waals surface area contributed by atoms with Gasteiger partial charge in [0.05, 0.1) is 11.8 Å².